The van der Waals surface area contributed by atoms with Crippen molar-refractivity contribution in [1.82, 2.24) is 10.6 Å². The van der Waals surface area contributed by atoms with Crippen LogP contribution in [0.25, 0.3) is 0 Å². The van der Waals surface area contributed by atoms with Gasteiger partial charge in [-0.1, -0.05) is 25.1 Å². The van der Waals surface area contributed by atoms with Gasteiger partial charge < -0.3 is 10.6 Å². The summed E-state index contributed by atoms with van der Waals surface area (Å²) >= 11 is 1.43. The van der Waals surface area contributed by atoms with Crippen LogP contribution in [0.5, 0.6) is 0 Å². The number of nitrogens with one attached hydrogen (secondary N) is 2. The number of halogens is 1. The average molecular weight is 364 g/mol. The molecule has 4 nitrogen and oxygen atoms in total. The molecule has 2 aliphatic rings. The van der Waals surface area contributed by atoms with Crippen LogP contribution in [-0.2, 0) is 16.0 Å². The molecule has 6 heteroatoms. The number of carbonyl (C=O) groups excluding carboxylic acids is 2. The zero-order chi connectivity index (χ0) is 17.8. The van der Waals surface area contributed by atoms with Crippen molar-refractivity contribution in [3.05, 3.63) is 35.6 Å². The fraction of sp³-hybridized carbons (Fsp3) is 0.579. The van der Waals surface area contributed by atoms with E-state index < -0.39 is 6.04 Å². The van der Waals surface area contributed by atoms with Gasteiger partial charge in [0.05, 0.1) is 5.25 Å². The number of amides is 2. The van der Waals surface area contributed by atoms with Crippen molar-refractivity contribution < 1.29 is 14.0 Å². The van der Waals surface area contributed by atoms with Gasteiger partial charge in [0, 0.05) is 11.8 Å². The Kier molecular flexibility index (Phi) is 5.99. The minimum absolute atomic E-state index is 0.0928. The van der Waals surface area contributed by atoms with Gasteiger partial charge in [-0.15, -0.1) is 11.8 Å². The number of thioether (sulfide) groups is 1. The first kappa shape index (κ1) is 18.2. The molecule has 2 fully saturated rings. The summed E-state index contributed by atoms with van der Waals surface area (Å²) in [5.41, 5.74) is 0.536. The van der Waals surface area contributed by atoms with Crippen molar-refractivity contribution in [3.8, 4) is 0 Å². The van der Waals surface area contributed by atoms with Crippen LogP contribution < -0.4 is 10.6 Å². The molecule has 25 heavy (non-hydrogen) atoms. The lowest BCUT2D eigenvalue weighted by molar-refractivity contribution is -0.129. The normalized spacial score (nSPS) is 29.8. The van der Waals surface area contributed by atoms with Gasteiger partial charge in [0.2, 0.25) is 11.8 Å². The van der Waals surface area contributed by atoms with E-state index in [1.165, 1.54) is 17.8 Å². The number of benzene rings is 1. The van der Waals surface area contributed by atoms with Crippen molar-refractivity contribution in [2.45, 2.75) is 56.4 Å². The summed E-state index contributed by atoms with van der Waals surface area (Å²) in [4.78, 5) is 24.7. The summed E-state index contributed by atoms with van der Waals surface area (Å²) in [7, 11) is 0. The Balaban J connectivity index is 1.50. The van der Waals surface area contributed by atoms with E-state index in [4.69, 9.17) is 0 Å². The van der Waals surface area contributed by atoms with Crippen molar-refractivity contribution in [2.24, 2.45) is 5.92 Å². The molecule has 1 saturated carbocycles. The van der Waals surface area contributed by atoms with Crippen LogP contribution in [0.2, 0.25) is 0 Å². The van der Waals surface area contributed by atoms with E-state index in [1.54, 1.807) is 18.2 Å². The quantitative estimate of drug-likeness (QED) is 0.864. The first-order chi connectivity index (χ1) is 12.0. The summed E-state index contributed by atoms with van der Waals surface area (Å²) in [6.07, 6.45) is 4.65. The zero-order valence-corrected chi connectivity index (χ0v) is 15.3. The molecule has 136 valence electrons. The number of carbonyl (C=O) groups is 2. The lowest BCUT2D eigenvalue weighted by atomic mass is 9.87. The van der Waals surface area contributed by atoms with Crippen molar-refractivity contribution in [1.29, 1.82) is 0 Å². The minimum atomic E-state index is -0.492. The monoisotopic (exact) mass is 364 g/mol. The summed E-state index contributed by atoms with van der Waals surface area (Å²) < 4.78 is 13.8. The van der Waals surface area contributed by atoms with Gasteiger partial charge in [0.25, 0.3) is 0 Å². The molecule has 0 radical (unpaired) electrons. The second-order valence-electron chi connectivity index (χ2n) is 7.14. The largest absolute Gasteiger partial charge is 0.352 e. The zero-order valence-electron chi connectivity index (χ0n) is 14.5. The Bertz CT molecular complexity index is 632. The highest BCUT2D eigenvalue weighted by atomic mass is 32.2. The van der Waals surface area contributed by atoms with E-state index in [1.807, 2.05) is 0 Å². The fourth-order valence-electron chi connectivity index (χ4n) is 3.46. The molecule has 2 atom stereocenters. The number of hydrogen-bond acceptors (Lipinski definition) is 3. The van der Waals surface area contributed by atoms with Gasteiger partial charge in [-0.3, -0.25) is 9.59 Å². The standard InChI is InChI=1S/C19H25FN2O2S/c1-12-6-8-14(9-7-12)21-18(23)16-11-25-17(19(24)22-16)10-13-4-2-3-5-15(13)20/h2-5,12,14,16-17H,6-11H2,1H3,(H,21,23)(H,22,24). The summed E-state index contributed by atoms with van der Waals surface area (Å²) in [5.74, 6) is 0.695. The van der Waals surface area contributed by atoms with E-state index in [9.17, 15) is 14.0 Å². The smallest absolute Gasteiger partial charge is 0.243 e. The minimum Gasteiger partial charge on any atom is -0.352 e. The van der Waals surface area contributed by atoms with E-state index in [2.05, 4.69) is 17.6 Å². The summed E-state index contributed by atoms with van der Waals surface area (Å²) in [5, 5.41) is 5.54. The van der Waals surface area contributed by atoms with E-state index in [0.29, 0.717) is 17.7 Å². The SMILES string of the molecule is CC1CCC(NC(=O)C2CSC(Cc3ccccc3F)C(=O)N2)CC1. The Labute approximate surface area is 152 Å². The first-order valence-corrected chi connectivity index (χ1v) is 10.0. The van der Waals surface area contributed by atoms with Crippen LogP contribution in [0.3, 0.4) is 0 Å². The number of hydrogen-bond donors (Lipinski definition) is 2. The Morgan fingerprint density at radius 2 is 2.00 bits per heavy atom. The van der Waals surface area contributed by atoms with Crippen molar-refractivity contribution in [2.75, 3.05) is 5.75 Å². The lowest BCUT2D eigenvalue weighted by Crippen LogP contribution is -2.56. The molecular formula is C19H25FN2O2S. The van der Waals surface area contributed by atoms with E-state index >= 15 is 0 Å². The summed E-state index contributed by atoms with van der Waals surface area (Å²) in [6, 6.07) is 6.24. The topological polar surface area (TPSA) is 58.2 Å². The van der Waals surface area contributed by atoms with Gasteiger partial charge in [0.15, 0.2) is 0 Å². The Morgan fingerprint density at radius 3 is 2.68 bits per heavy atom. The lowest BCUT2D eigenvalue weighted by Gasteiger charge is -2.31. The average Bonchev–Trinajstić information content (AvgIpc) is 2.60. The molecule has 0 aromatic heterocycles. The molecule has 0 bridgehead atoms. The molecule has 1 aromatic carbocycles. The number of rotatable bonds is 4. The van der Waals surface area contributed by atoms with E-state index in [0.717, 1.165) is 31.6 Å². The molecule has 1 saturated heterocycles. The second-order valence-corrected chi connectivity index (χ2v) is 8.38. The molecule has 0 spiro atoms. The fourth-order valence-corrected chi connectivity index (χ4v) is 4.63. The van der Waals surface area contributed by atoms with Gasteiger partial charge in [-0.2, -0.15) is 0 Å². The molecule has 1 aliphatic heterocycles. The molecule has 1 heterocycles. The van der Waals surface area contributed by atoms with Crippen LogP contribution >= 0.6 is 11.8 Å². The molecule has 2 unspecified atom stereocenters. The van der Waals surface area contributed by atoms with Crippen LogP contribution in [0.15, 0.2) is 24.3 Å². The van der Waals surface area contributed by atoms with Gasteiger partial charge in [-0.25, -0.2) is 4.39 Å². The maximum Gasteiger partial charge on any atom is 0.243 e. The third-order valence-electron chi connectivity index (χ3n) is 5.11. The molecule has 2 amide bonds. The highest BCUT2D eigenvalue weighted by Gasteiger charge is 2.33. The summed E-state index contributed by atoms with van der Waals surface area (Å²) in [6.45, 7) is 2.24. The predicted octanol–water partition coefficient (Wildman–Crippen LogP) is 2.66. The second kappa shape index (κ2) is 8.21. The molecular weight excluding hydrogens is 339 g/mol. The maximum absolute atomic E-state index is 13.8. The van der Waals surface area contributed by atoms with Crippen LogP contribution in [0.4, 0.5) is 4.39 Å². The maximum atomic E-state index is 13.8. The third-order valence-corrected chi connectivity index (χ3v) is 6.42. The van der Waals surface area contributed by atoms with Crippen LogP contribution in [-0.4, -0.2) is 34.9 Å². The highest BCUT2D eigenvalue weighted by Crippen LogP contribution is 2.25. The third kappa shape index (κ3) is 4.75. The molecule has 1 aliphatic carbocycles. The van der Waals surface area contributed by atoms with Crippen LogP contribution in [0.1, 0.15) is 38.2 Å². The first-order valence-electron chi connectivity index (χ1n) is 8.98. The van der Waals surface area contributed by atoms with Gasteiger partial charge in [0.1, 0.15) is 11.9 Å². The van der Waals surface area contributed by atoms with Crippen molar-refractivity contribution in [3.63, 3.8) is 0 Å². The predicted molar refractivity (Wildman–Crippen MR) is 97.8 cm³/mol. The molecule has 3 rings (SSSR count). The van der Waals surface area contributed by atoms with E-state index in [-0.39, 0.29) is 28.9 Å². The molecule has 1 aromatic rings. The highest BCUT2D eigenvalue weighted by molar-refractivity contribution is 8.00. The molecule has 2 N–H and O–H groups in total. The van der Waals surface area contributed by atoms with Crippen molar-refractivity contribution >= 4 is 23.6 Å². The van der Waals surface area contributed by atoms with Crippen LogP contribution in [0, 0.1) is 11.7 Å². The van der Waals surface area contributed by atoms with Gasteiger partial charge >= 0.3 is 0 Å². The Morgan fingerprint density at radius 1 is 1.28 bits per heavy atom. The van der Waals surface area contributed by atoms with Gasteiger partial charge in [-0.05, 0) is 49.7 Å². The Hall–Kier alpha value is -1.56.